The number of aromatic nitrogens is 1. The summed E-state index contributed by atoms with van der Waals surface area (Å²) >= 11 is 0. The topological polar surface area (TPSA) is 58.8 Å². The maximum absolute atomic E-state index is 12.9. The van der Waals surface area contributed by atoms with Crippen molar-refractivity contribution in [1.82, 2.24) is 14.8 Å². The molecule has 1 unspecified atom stereocenters. The van der Waals surface area contributed by atoms with Crippen LogP contribution < -0.4 is 4.74 Å². The molecule has 1 fully saturated rings. The molecule has 140 valence electrons. The smallest absolute Gasteiger partial charge is 0.275 e. The van der Waals surface area contributed by atoms with Gasteiger partial charge < -0.3 is 19.0 Å². The van der Waals surface area contributed by atoms with Gasteiger partial charge in [-0.15, -0.1) is 0 Å². The maximum atomic E-state index is 12.9. The normalized spacial score (nSPS) is 17.4. The summed E-state index contributed by atoms with van der Waals surface area (Å²) in [5.41, 5.74) is 0.288. The second-order valence-electron chi connectivity index (χ2n) is 6.63. The fourth-order valence-corrected chi connectivity index (χ4v) is 3.16. The molecule has 0 N–H and O–H groups in total. The number of carbonyl (C=O) groups excluding carboxylic acids is 1. The number of ether oxygens (including phenoxy) is 1. The first-order valence-electron chi connectivity index (χ1n) is 8.85. The fraction of sp³-hybridized carbons (Fsp3) is 0.474. The van der Waals surface area contributed by atoms with Crippen LogP contribution in [0.2, 0.25) is 0 Å². The average Bonchev–Trinajstić information content (AvgIpc) is 3.27. The minimum Gasteiger partial charge on any atom is -0.484 e. The second kappa shape index (κ2) is 8.31. The number of rotatable bonds is 7. The van der Waals surface area contributed by atoms with Crippen molar-refractivity contribution in [3.63, 3.8) is 0 Å². The van der Waals surface area contributed by atoms with Crippen molar-refractivity contribution < 1.29 is 18.3 Å². The van der Waals surface area contributed by atoms with Crippen LogP contribution in [0.3, 0.4) is 0 Å². The number of oxazole rings is 1. The predicted octanol–water partition coefficient (Wildman–Crippen LogP) is 2.81. The first-order valence-corrected chi connectivity index (χ1v) is 8.85. The third-order valence-corrected chi connectivity index (χ3v) is 4.58. The Morgan fingerprint density at radius 2 is 2.19 bits per heavy atom. The molecule has 26 heavy (non-hydrogen) atoms. The lowest BCUT2D eigenvalue weighted by molar-refractivity contribution is 0.0733. The van der Waals surface area contributed by atoms with Crippen LogP contribution in [0.4, 0.5) is 4.39 Å². The third kappa shape index (κ3) is 4.60. The minimum absolute atomic E-state index is 0.0818. The van der Waals surface area contributed by atoms with E-state index in [4.69, 9.17) is 9.15 Å². The molecule has 0 spiro atoms. The van der Waals surface area contributed by atoms with E-state index in [1.165, 1.54) is 30.5 Å². The Morgan fingerprint density at radius 1 is 1.42 bits per heavy atom. The summed E-state index contributed by atoms with van der Waals surface area (Å²) in [5, 5.41) is 0. The summed E-state index contributed by atoms with van der Waals surface area (Å²) in [7, 11) is 2.10. The molecule has 6 nitrogen and oxygen atoms in total. The van der Waals surface area contributed by atoms with Crippen molar-refractivity contribution in [2.24, 2.45) is 5.92 Å². The van der Waals surface area contributed by atoms with Gasteiger partial charge in [0.15, 0.2) is 12.3 Å². The van der Waals surface area contributed by atoms with Crippen molar-refractivity contribution in [3.8, 4) is 5.75 Å². The molecular formula is C19H24FN3O3. The fourth-order valence-electron chi connectivity index (χ4n) is 3.16. The molecule has 0 aliphatic carbocycles. The van der Waals surface area contributed by atoms with Gasteiger partial charge in [0.25, 0.3) is 5.91 Å². The summed E-state index contributed by atoms with van der Waals surface area (Å²) < 4.78 is 23.7. The van der Waals surface area contributed by atoms with Crippen LogP contribution in [0.15, 0.2) is 34.9 Å². The monoisotopic (exact) mass is 361 g/mol. The third-order valence-electron chi connectivity index (χ3n) is 4.58. The highest BCUT2D eigenvalue weighted by Gasteiger charge is 2.25. The Labute approximate surface area is 152 Å². The molecule has 2 heterocycles. The van der Waals surface area contributed by atoms with Crippen molar-refractivity contribution in [2.75, 3.05) is 33.2 Å². The molecule has 1 aliphatic heterocycles. The number of carbonyl (C=O) groups is 1. The van der Waals surface area contributed by atoms with Crippen LogP contribution in [-0.4, -0.2) is 53.9 Å². The van der Waals surface area contributed by atoms with Crippen LogP contribution in [0, 0.1) is 11.7 Å². The highest BCUT2D eigenvalue weighted by Crippen LogP contribution is 2.18. The van der Waals surface area contributed by atoms with Crippen molar-refractivity contribution in [1.29, 1.82) is 0 Å². The number of hydrogen-bond donors (Lipinski definition) is 0. The van der Waals surface area contributed by atoms with Gasteiger partial charge in [-0.25, -0.2) is 9.37 Å². The van der Waals surface area contributed by atoms with E-state index >= 15 is 0 Å². The second-order valence-corrected chi connectivity index (χ2v) is 6.63. The molecule has 0 radical (unpaired) electrons. The van der Waals surface area contributed by atoms with Crippen molar-refractivity contribution in [3.05, 3.63) is 47.9 Å². The van der Waals surface area contributed by atoms with Gasteiger partial charge in [-0.2, -0.15) is 0 Å². The lowest BCUT2D eigenvalue weighted by Crippen LogP contribution is -2.36. The van der Waals surface area contributed by atoms with Gasteiger partial charge in [0, 0.05) is 19.6 Å². The van der Waals surface area contributed by atoms with E-state index in [-0.39, 0.29) is 24.0 Å². The first-order chi connectivity index (χ1) is 12.5. The summed E-state index contributed by atoms with van der Waals surface area (Å²) in [4.78, 5) is 21.0. The van der Waals surface area contributed by atoms with Gasteiger partial charge in [0.2, 0.25) is 5.89 Å². The van der Waals surface area contributed by atoms with E-state index < -0.39 is 0 Å². The van der Waals surface area contributed by atoms with E-state index in [0.29, 0.717) is 24.1 Å². The zero-order valence-corrected chi connectivity index (χ0v) is 15.2. The van der Waals surface area contributed by atoms with Gasteiger partial charge in [-0.3, -0.25) is 4.79 Å². The van der Waals surface area contributed by atoms with Crippen LogP contribution in [0.5, 0.6) is 5.75 Å². The molecule has 1 saturated heterocycles. The van der Waals surface area contributed by atoms with E-state index in [1.54, 1.807) is 0 Å². The van der Waals surface area contributed by atoms with Gasteiger partial charge in [-0.1, -0.05) is 0 Å². The lowest BCUT2D eigenvalue weighted by atomic mass is 10.1. The van der Waals surface area contributed by atoms with Gasteiger partial charge >= 0.3 is 0 Å². The van der Waals surface area contributed by atoms with Crippen LogP contribution in [-0.2, 0) is 6.61 Å². The number of likely N-dealkylation sites (tertiary alicyclic amines) is 1. The Bertz CT molecular complexity index is 732. The molecule has 1 aliphatic rings. The molecule has 1 amide bonds. The Morgan fingerprint density at radius 3 is 2.85 bits per heavy atom. The van der Waals surface area contributed by atoms with Crippen LogP contribution >= 0.6 is 0 Å². The molecule has 1 atom stereocenters. The number of nitrogens with zero attached hydrogens (tertiary/aromatic N) is 3. The summed E-state index contributed by atoms with van der Waals surface area (Å²) in [6, 6.07) is 5.70. The minimum atomic E-state index is -0.325. The van der Waals surface area contributed by atoms with Gasteiger partial charge in [0.1, 0.15) is 17.8 Å². The van der Waals surface area contributed by atoms with Gasteiger partial charge in [-0.05, 0) is 57.1 Å². The average molecular weight is 361 g/mol. The molecule has 0 bridgehead atoms. The van der Waals surface area contributed by atoms with Crippen LogP contribution in [0.25, 0.3) is 0 Å². The zero-order chi connectivity index (χ0) is 18.5. The van der Waals surface area contributed by atoms with E-state index in [9.17, 15) is 9.18 Å². The highest BCUT2D eigenvalue weighted by molar-refractivity contribution is 5.92. The van der Waals surface area contributed by atoms with Crippen LogP contribution in [0.1, 0.15) is 29.7 Å². The van der Waals surface area contributed by atoms with Crippen molar-refractivity contribution >= 4 is 5.91 Å². The van der Waals surface area contributed by atoms with Crippen molar-refractivity contribution in [2.45, 2.75) is 20.0 Å². The summed E-state index contributed by atoms with van der Waals surface area (Å²) in [6.45, 7) is 5.50. The number of benzene rings is 1. The number of amides is 1. The Balaban J connectivity index is 1.56. The first kappa shape index (κ1) is 18.4. The Kier molecular flexibility index (Phi) is 5.88. The molecule has 2 aromatic rings. The van der Waals surface area contributed by atoms with Gasteiger partial charge in [0.05, 0.1) is 0 Å². The molecule has 1 aromatic heterocycles. The van der Waals surface area contributed by atoms with E-state index in [1.807, 2.05) is 11.8 Å². The zero-order valence-electron chi connectivity index (χ0n) is 15.2. The molecular weight excluding hydrogens is 337 g/mol. The summed E-state index contributed by atoms with van der Waals surface area (Å²) in [5.74, 6) is 0.873. The molecule has 0 saturated carbocycles. The predicted molar refractivity (Wildman–Crippen MR) is 94.4 cm³/mol. The lowest BCUT2D eigenvalue weighted by Gasteiger charge is -2.23. The summed E-state index contributed by atoms with van der Waals surface area (Å²) in [6.07, 6.45) is 2.48. The highest BCUT2D eigenvalue weighted by atomic mass is 19.1. The maximum Gasteiger partial charge on any atom is 0.275 e. The molecule has 1 aromatic carbocycles. The number of hydrogen-bond acceptors (Lipinski definition) is 5. The molecule has 7 heteroatoms. The van der Waals surface area contributed by atoms with E-state index in [2.05, 4.69) is 16.9 Å². The molecule has 3 rings (SSSR count). The Hall–Kier alpha value is -2.41. The largest absolute Gasteiger partial charge is 0.484 e. The van der Waals surface area contributed by atoms with E-state index in [0.717, 1.165) is 26.1 Å². The quantitative estimate of drug-likeness (QED) is 0.759. The SMILES string of the molecule is CCN(CC1CCN(C)C1)C(=O)c1coc(COc2ccc(F)cc2)n1. The standard InChI is InChI=1S/C19H24FN3O3/c1-3-23(11-14-8-9-22(2)10-14)19(24)17-12-26-18(21-17)13-25-16-6-4-15(20)5-7-16/h4-7,12,14H,3,8-11,13H2,1-2H3. The number of halogens is 1.